The number of anilines is 1. The van der Waals surface area contributed by atoms with Crippen molar-refractivity contribution in [3.05, 3.63) is 30.4 Å². The maximum atomic E-state index is 4.36. The summed E-state index contributed by atoms with van der Waals surface area (Å²) in [6.45, 7) is 6.57. The van der Waals surface area contributed by atoms with Gasteiger partial charge in [-0.15, -0.1) is 0 Å². The molecule has 0 unspecified atom stereocenters. The van der Waals surface area contributed by atoms with Crippen LogP contribution >= 0.6 is 0 Å². The maximum Gasteiger partial charge on any atom is 0.132 e. The summed E-state index contributed by atoms with van der Waals surface area (Å²) in [4.78, 5) is 6.59. The maximum absolute atomic E-state index is 4.36. The molecule has 1 aromatic rings. The summed E-state index contributed by atoms with van der Waals surface area (Å²) in [7, 11) is 0. The van der Waals surface area contributed by atoms with Crippen molar-refractivity contribution in [2.75, 3.05) is 4.90 Å². The van der Waals surface area contributed by atoms with Crippen molar-refractivity contribution in [3.63, 3.8) is 0 Å². The van der Waals surface area contributed by atoms with Gasteiger partial charge in [0.15, 0.2) is 0 Å². The highest BCUT2D eigenvalue weighted by molar-refractivity contribution is 5.55. The van der Waals surface area contributed by atoms with E-state index in [9.17, 15) is 0 Å². The van der Waals surface area contributed by atoms with Crippen LogP contribution in [0.4, 0.5) is 5.82 Å². The molecule has 0 fully saturated rings. The Balaban J connectivity index is 2.36. The van der Waals surface area contributed by atoms with Crippen LogP contribution in [0.3, 0.4) is 0 Å². The summed E-state index contributed by atoms with van der Waals surface area (Å²) in [6.07, 6.45) is 2.88. The molecule has 0 saturated carbocycles. The molecule has 2 heteroatoms. The Labute approximate surface area is 73.2 Å². The highest BCUT2D eigenvalue weighted by Gasteiger charge is 2.21. The van der Waals surface area contributed by atoms with E-state index in [0.29, 0.717) is 6.04 Å². The van der Waals surface area contributed by atoms with Crippen molar-refractivity contribution < 1.29 is 0 Å². The monoisotopic (exact) mass is 161 g/mol. The van der Waals surface area contributed by atoms with Crippen LogP contribution in [0.25, 0.3) is 0 Å². The fraction of sp³-hybridized carbons (Fsp3) is 0.400. The fourth-order valence-corrected chi connectivity index (χ4v) is 1.56. The van der Waals surface area contributed by atoms with E-state index in [-0.39, 0.29) is 0 Å². The molecule has 0 saturated heterocycles. The summed E-state index contributed by atoms with van der Waals surface area (Å²) in [5, 5.41) is 0. The SMILES string of the molecule is CC(C)N1[CH]Cc2cccnc21. The molecule has 1 aliphatic heterocycles. The fourth-order valence-electron chi connectivity index (χ4n) is 1.56. The largest absolute Gasteiger partial charge is 0.349 e. The van der Waals surface area contributed by atoms with Gasteiger partial charge in [-0.25, -0.2) is 4.98 Å². The molecule has 0 N–H and O–H groups in total. The van der Waals surface area contributed by atoms with Crippen LogP contribution in [0.1, 0.15) is 19.4 Å². The first-order chi connectivity index (χ1) is 5.79. The molecule has 0 bridgehead atoms. The Hall–Kier alpha value is -1.05. The van der Waals surface area contributed by atoms with Crippen LogP contribution in [-0.2, 0) is 6.42 Å². The van der Waals surface area contributed by atoms with Crippen LogP contribution < -0.4 is 4.90 Å². The van der Waals surface area contributed by atoms with Crippen molar-refractivity contribution in [1.82, 2.24) is 4.98 Å². The highest BCUT2D eigenvalue weighted by Crippen LogP contribution is 2.28. The highest BCUT2D eigenvalue weighted by atomic mass is 15.2. The Bertz CT molecular complexity index is 281. The molecule has 1 aromatic heterocycles. The second-order valence-electron chi connectivity index (χ2n) is 3.37. The smallest absolute Gasteiger partial charge is 0.132 e. The molecule has 63 valence electrons. The van der Waals surface area contributed by atoms with Gasteiger partial charge in [0.05, 0.1) is 6.54 Å². The molecule has 2 nitrogen and oxygen atoms in total. The lowest BCUT2D eigenvalue weighted by Gasteiger charge is -2.21. The van der Waals surface area contributed by atoms with Crippen molar-refractivity contribution in [3.8, 4) is 0 Å². The number of aromatic nitrogens is 1. The Morgan fingerprint density at radius 2 is 2.33 bits per heavy atom. The third-order valence-electron chi connectivity index (χ3n) is 2.18. The van der Waals surface area contributed by atoms with Crippen LogP contribution in [0.5, 0.6) is 0 Å². The molecule has 1 radical (unpaired) electrons. The van der Waals surface area contributed by atoms with Crippen molar-refractivity contribution >= 4 is 5.82 Å². The lowest BCUT2D eigenvalue weighted by atomic mass is 10.2. The molecule has 0 aliphatic carbocycles. The van der Waals surface area contributed by atoms with Gasteiger partial charge in [-0.3, -0.25) is 0 Å². The second kappa shape index (κ2) is 2.77. The van der Waals surface area contributed by atoms with Gasteiger partial charge in [-0.2, -0.15) is 0 Å². The predicted octanol–water partition coefficient (Wildman–Crippen LogP) is 2.01. The minimum Gasteiger partial charge on any atom is -0.349 e. The molecule has 2 rings (SSSR count). The zero-order valence-corrected chi connectivity index (χ0v) is 7.49. The average molecular weight is 161 g/mol. The standard InChI is InChI=1S/C10H13N2/c1-8(2)12-7-5-9-4-3-6-11-10(9)12/h3-4,6-8H,5H2,1-2H3. The summed E-state index contributed by atoms with van der Waals surface area (Å²) >= 11 is 0. The second-order valence-corrected chi connectivity index (χ2v) is 3.37. The van der Waals surface area contributed by atoms with Gasteiger partial charge in [0.2, 0.25) is 0 Å². The van der Waals surface area contributed by atoms with E-state index in [1.54, 1.807) is 0 Å². The topological polar surface area (TPSA) is 16.1 Å². The molecule has 0 amide bonds. The average Bonchev–Trinajstić information content (AvgIpc) is 2.47. The van der Waals surface area contributed by atoms with Crippen molar-refractivity contribution in [2.24, 2.45) is 0 Å². The van der Waals surface area contributed by atoms with Gasteiger partial charge >= 0.3 is 0 Å². The van der Waals surface area contributed by atoms with Crippen LogP contribution in [0.2, 0.25) is 0 Å². The minimum atomic E-state index is 0.515. The Morgan fingerprint density at radius 1 is 1.50 bits per heavy atom. The lowest BCUT2D eigenvalue weighted by Crippen LogP contribution is -2.25. The first-order valence-corrected chi connectivity index (χ1v) is 4.34. The molecular formula is C10H13N2. The van der Waals surface area contributed by atoms with Crippen molar-refractivity contribution in [1.29, 1.82) is 0 Å². The van der Waals surface area contributed by atoms with E-state index in [4.69, 9.17) is 0 Å². The summed E-state index contributed by atoms with van der Waals surface area (Å²) < 4.78 is 0. The number of hydrogen-bond acceptors (Lipinski definition) is 2. The van der Waals surface area contributed by atoms with E-state index < -0.39 is 0 Å². The van der Waals surface area contributed by atoms with Crippen molar-refractivity contribution in [2.45, 2.75) is 26.3 Å². The third kappa shape index (κ3) is 1.07. The van der Waals surface area contributed by atoms with Crippen LogP contribution in [-0.4, -0.2) is 11.0 Å². The normalized spacial score (nSPS) is 15.4. The molecule has 2 heterocycles. The van der Waals surface area contributed by atoms with Gasteiger partial charge in [0, 0.05) is 12.2 Å². The molecular weight excluding hydrogens is 148 g/mol. The zero-order valence-electron chi connectivity index (χ0n) is 7.49. The quantitative estimate of drug-likeness (QED) is 0.626. The first kappa shape index (κ1) is 7.59. The molecule has 12 heavy (non-hydrogen) atoms. The lowest BCUT2D eigenvalue weighted by molar-refractivity contribution is 0.749. The Morgan fingerprint density at radius 3 is 3.08 bits per heavy atom. The number of pyridine rings is 1. The van der Waals surface area contributed by atoms with E-state index in [1.807, 2.05) is 12.3 Å². The number of nitrogens with zero attached hydrogens (tertiary/aromatic N) is 2. The Kier molecular flexibility index (Phi) is 1.75. The third-order valence-corrected chi connectivity index (χ3v) is 2.18. The molecule has 1 aliphatic rings. The van der Waals surface area contributed by atoms with E-state index in [0.717, 1.165) is 12.2 Å². The minimum absolute atomic E-state index is 0.515. The van der Waals surface area contributed by atoms with Gasteiger partial charge in [-0.1, -0.05) is 6.07 Å². The van der Waals surface area contributed by atoms with Gasteiger partial charge in [-0.05, 0) is 31.9 Å². The summed E-state index contributed by atoms with van der Waals surface area (Å²) in [5.41, 5.74) is 1.34. The molecule has 0 aromatic carbocycles. The van der Waals surface area contributed by atoms with E-state index >= 15 is 0 Å². The summed E-state index contributed by atoms with van der Waals surface area (Å²) in [6, 6.07) is 4.65. The van der Waals surface area contributed by atoms with Gasteiger partial charge in [0.1, 0.15) is 5.82 Å². The van der Waals surface area contributed by atoms with Gasteiger partial charge < -0.3 is 4.90 Å². The summed E-state index contributed by atoms with van der Waals surface area (Å²) in [5.74, 6) is 1.13. The van der Waals surface area contributed by atoms with Crippen LogP contribution in [0, 0.1) is 6.54 Å². The zero-order chi connectivity index (χ0) is 8.55. The first-order valence-electron chi connectivity index (χ1n) is 4.34. The number of rotatable bonds is 1. The predicted molar refractivity (Wildman–Crippen MR) is 49.9 cm³/mol. The van der Waals surface area contributed by atoms with Gasteiger partial charge in [0.25, 0.3) is 0 Å². The molecule has 0 spiro atoms. The van der Waals surface area contributed by atoms with Crippen LogP contribution in [0.15, 0.2) is 18.3 Å². The van der Waals surface area contributed by atoms with E-state index in [1.165, 1.54) is 5.56 Å². The molecule has 0 atom stereocenters. The number of hydrogen-bond donors (Lipinski definition) is 0. The number of fused-ring (bicyclic) bond motifs is 1. The van der Waals surface area contributed by atoms with E-state index in [2.05, 4.69) is 36.3 Å².